The third-order valence-corrected chi connectivity index (χ3v) is 7.80. The molecule has 1 atom stereocenters. The van der Waals surface area contributed by atoms with Crippen molar-refractivity contribution in [3.05, 3.63) is 83.0 Å². The minimum absolute atomic E-state index is 0.161. The summed E-state index contributed by atoms with van der Waals surface area (Å²) in [4.78, 5) is 43.9. The number of ether oxygens (including phenoxy) is 5. The van der Waals surface area contributed by atoms with Crippen LogP contribution in [0, 0.1) is 0 Å². The number of aromatic nitrogens is 1. The van der Waals surface area contributed by atoms with Crippen LogP contribution in [0.1, 0.15) is 37.9 Å². The van der Waals surface area contributed by atoms with Crippen LogP contribution < -0.4 is 29.1 Å². The van der Waals surface area contributed by atoms with Gasteiger partial charge in [0.2, 0.25) is 0 Å². The summed E-state index contributed by atoms with van der Waals surface area (Å²) in [5.41, 5.74) is 1.63. The Labute approximate surface area is 248 Å². The van der Waals surface area contributed by atoms with E-state index in [0.717, 1.165) is 0 Å². The number of allylic oxidation sites excluding steroid dienone is 1. The topological polar surface area (TPSA) is 115 Å². The molecule has 0 aliphatic carbocycles. The van der Waals surface area contributed by atoms with E-state index >= 15 is 0 Å². The second-order valence-corrected chi connectivity index (χ2v) is 10.6. The highest BCUT2D eigenvalue weighted by molar-refractivity contribution is 9.10. The van der Waals surface area contributed by atoms with E-state index in [2.05, 4.69) is 20.9 Å². The molecule has 3 aromatic rings. The number of hydrogen-bond donors (Lipinski definition) is 0. The number of methoxy groups -OCH3 is 2. The van der Waals surface area contributed by atoms with Crippen molar-refractivity contribution in [3.8, 4) is 17.2 Å². The number of hydrogen-bond acceptors (Lipinski definition) is 10. The lowest BCUT2D eigenvalue weighted by Gasteiger charge is -2.26. The monoisotopic (exact) mass is 644 g/mol. The molecule has 0 unspecified atom stereocenters. The number of thiazole rings is 1. The van der Waals surface area contributed by atoms with Crippen LogP contribution in [0.25, 0.3) is 6.08 Å². The van der Waals surface area contributed by atoms with Gasteiger partial charge in [0.25, 0.3) is 5.56 Å². The van der Waals surface area contributed by atoms with Gasteiger partial charge >= 0.3 is 11.9 Å². The average molecular weight is 646 g/mol. The molecule has 1 aliphatic rings. The van der Waals surface area contributed by atoms with Crippen molar-refractivity contribution in [2.24, 2.45) is 4.99 Å². The number of nitrogens with zero attached hydrogens (tertiary/aromatic N) is 2. The Balaban J connectivity index is 1.86. The molecule has 0 bridgehead atoms. The molecule has 0 amide bonds. The zero-order chi connectivity index (χ0) is 29.7. The van der Waals surface area contributed by atoms with Crippen LogP contribution in [0.4, 0.5) is 0 Å². The van der Waals surface area contributed by atoms with Crippen molar-refractivity contribution in [2.45, 2.75) is 26.8 Å². The fourth-order valence-corrected chi connectivity index (χ4v) is 5.94. The molecule has 0 radical (unpaired) electrons. The molecule has 1 aliphatic heterocycles. The normalized spacial score (nSPS) is 14.7. The molecule has 0 spiro atoms. The Morgan fingerprint density at radius 1 is 1.07 bits per heavy atom. The first-order valence-corrected chi connectivity index (χ1v) is 14.3. The van der Waals surface area contributed by atoms with Crippen LogP contribution in [0.5, 0.6) is 17.2 Å². The van der Waals surface area contributed by atoms with Gasteiger partial charge in [-0.1, -0.05) is 39.4 Å². The van der Waals surface area contributed by atoms with Gasteiger partial charge in [-0.15, -0.1) is 0 Å². The molecule has 12 heteroatoms. The van der Waals surface area contributed by atoms with Gasteiger partial charge in [0.1, 0.15) is 5.75 Å². The number of carbonyl (C=O) groups excluding carboxylic acids is 2. The van der Waals surface area contributed by atoms with Gasteiger partial charge in [-0.2, -0.15) is 0 Å². The molecule has 10 nitrogen and oxygen atoms in total. The number of fused-ring (bicyclic) bond motifs is 1. The van der Waals surface area contributed by atoms with Crippen molar-refractivity contribution >= 4 is 45.3 Å². The van der Waals surface area contributed by atoms with Crippen molar-refractivity contribution in [1.29, 1.82) is 0 Å². The molecule has 2 aromatic carbocycles. The van der Waals surface area contributed by atoms with Crippen LogP contribution in [0.3, 0.4) is 0 Å². The van der Waals surface area contributed by atoms with E-state index in [-0.39, 0.29) is 31.0 Å². The van der Waals surface area contributed by atoms with Gasteiger partial charge in [-0.05, 0) is 62.2 Å². The molecule has 216 valence electrons. The Bertz CT molecular complexity index is 1690. The van der Waals surface area contributed by atoms with Gasteiger partial charge in [0, 0.05) is 4.47 Å². The number of halogens is 1. The summed E-state index contributed by atoms with van der Waals surface area (Å²) in [7, 11) is 3.04. The smallest absolute Gasteiger partial charge is 0.344 e. The lowest BCUT2D eigenvalue weighted by Crippen LogP contribution is -2.40. The lowest BCUT2D eigenvalue weighted by molar-refractivity contribution is -0.145. The summed E-state index contributed by atoms with van der Waals surface area (Å²) in [6.45, 7) is 5.36. The third-order valence-electron chi connectivity index (χ3n) is 6.13. The zero-order valence-electron chi connectivity index (χ0n) is 23.2. The second kappa shape index (κ2) is 13.2. The minimum Gasteiger partial charge on any atom is -0.493 e. The number of carbonyl (C=O) groups is 2. The summed E-state index contributed by atoms with van der Waals surface area (Å²) in [6.07, 6.45) is 1.71. The van der Waals surface area contributed by atoms with E-state index in [0.29, 0.717) is 47.9 Å². The van der Waals surface area contributed by atoms with Crippen molar-refractivity contribution in [2.75, 3.05) is 34.0 Å². The Kier molecular flexibility index (Phi) is 9.66. The molecule has 0 saturated heterocycles. The van der Waals surface area contributed by atoms with Crippen molar-refractivity contribution in [1.82, 2.24) is 4.57 Å². The molecular formula is C29H29BrN2O8S. The molecule has 0 saturated carbocycles. The highest BCUT2D eigenvalue weighted by Crippen LogP contribution is 2.40. The van der Waals surface area contributed by atoms with Crippen molar-refractivity contribution < 1.29 is 33.3 Å². The first-order valence-electron chi connectivity index (χ1n) is 12.7. The first-order chi connectivity index (χ1) is 19.7. The van der Waals surface area contributed by atoms with Gasteiger partial charge in [-0.3, -0.25) is 9.36 Å². The SMILES string of the molecule is CCOC(=O)COc1cccc(/C=c2\sc3n(c2=O)[C@@H](c2cc(OC)c(OC)cc2Br)C(C(=O)OCC)=C(C)N=3)c1. The fraction of sp³-hybridized carbons (Fsp3) is 0.310. The Morgan fingerprint density at radius 3 is 2.46 bits per heavy atom. The van der Waals surface area contributed by atoms with Crippen LogP contribution in [-0.2, 0) is 19.1 Å². The largest absolute Gasteiger partial charge is 0.493 e. The second-order valence-electron chi connectivity index (χ2n) is 8.70. The van der Waals surface area contributed by atoms with E-state index in [9.17, 15) is 14.4 Å². The first kappa shape index (κ1) is 30.1. The maximum Gasteiger partial charge on any atom is 0.344 e. The maximum absolute atomic E-state index is 13.9. The predicted molar refractivity (Wildman–Crippen MR) is 156 cm³/mol. The van der Waals surface area contributed by atoms with Crippen LogP contribution >= 0.6 is 27.3 Å². The quantitative estimate of drug-likeness (QED) is 0.308. The number of esters is 2. The number of benzene rings is 2. The van der Waals surface area contributed by atoms with Crippen LogP contribution in [-0.4, -0.2) is 50.5 Å². The molecule has 0 N–H and O–H groups in total. The van der Waals surface area contributed by atoms with Gasteiger partial charge in [0.15, 0.2) is 22.9 Å². The summed E-state index contributed by atoms with van der Waals surface area (Å²) in [6, 6.07) is 9.61. The minimum atomic E-state index is -0.846. The highest BCUT2D eigenvalue weighted by Gasteiger charge is 2.35. The molecule has 41 heavy (non-hydrogen) atoms. The van der Waals surface area contributed by atoms with Crippen LogP contribution in [0.15, 0.2) is 61.9 Å². The van der Waals surface area contributed by atoms with Gasteiger partial charge < -0.3 is 23.7 Å². The Hall–Kier alpha value is -3.90. The van der Waals surface area contributed by atoms with Crippen LogP contribution in [0.2, 0.25) is 0 Å². The van der Waals surface area contributed by atoms with Gasteiger partial charge in [0.05, 0.1) is 49.3 Å². The number of rotatable bonds is 10. The van der Waals surface area contributed by atoms with E-state index in [1.807, 2.05) is 6.07 Å². The molecule has 4 rings (SSSR count). The fourth-order valence-electron chi connectivity index (χ4n) is 4.36. The van der Waals surface area contributed by atoms with E-state index in [1.54, 1.807) is 57.2 Å². The predicted octanol–water partition coefficient (Wildman–Crippen LogP) is 3.52. The molecule has 2 heterocycles. The third kappa shape index (κ3) is 6.38. The summed E-state index contributed by atoms with van der Waals surface area (Å²) in [5, 5.41) is 0. The zero-order valence-corrected chi connectivity index (χ0v) is 25.6. The van der Waals surface area contributed by atoms with Gasteiger partial charge in [-0.25, -0.2) is 14.6 Å². The molecule has 1 aromatic heterocycles. The average Bonchev–Trinajstić information content (AvgIpc) is 3.25. The molecular weight excluding hydrogens is 616 g/mol. The van der Waals surface area contributed by atoms with E-state index < -0.39 is 18.0 Å². The summed E-state index contributed by atoms with van der Waals surface area (Å²) >= 11 is 4.79. The summed E-state index contributed by atoms with van der Waals surface area (Å²) in [5.74, 6) is 0.331. The lowest BCUT2D eigenvalue weighted by atomic mass is 9.95. The van der Waals surface area contributed by atoms with E-state index in [1.165, 1.54) is 30.1 Å². The standard InChI is InChI=1S/C29H29BrN2O8S/c1-6-38-24(33)15-40-18-10-8-9-17(11-18)12-23-27(34)32-26(19-13-21(36-4)22(37-5)14-20(19)30)25(28(35)39-7-2)16(3)31-29(32)41-23/h8-14,26H,6-7,15H2,1-5H3/b23-12-/t26-/m0/s1. The Morgan fingerprint density at radius 2 is 1.78 bits per heavy atom. The summed E-state index contributed by atoms with van der Waals surface area (Å²) < 4.78 is 29.3. The molecule has 0 fully saturated rings. The highest BCUT2D eigenvalue weighted by atomic mass is 79.9. The maximum atomic E-state index is 13.9. The van der Waals surface area contributed by atoms with Crippen molar-refractivity contribution in [3.63, 3.8) is 0 Å². The van der Waals surface area contributed by atoms with E-state index in [4.69, 9.17) is 23.7 Å².